The predicted octanol–water partition coefficient (Wildman–Crippen LogP) is 2.21. The van der Waals surface area contributed by atoms with E-state index in [0.717, 1.165) is 38.6 Å². The van der Waals surface area contributed by atoms with Crippen LogP contribution in [0, 0.1) is 0 Å². The van der Waals surface area contributed by atoms with Crippen LogP contribution < -0.4 is 10.6 Å². The number of ether oxygens (including phenoxy) is 1. The maximum Gasteiger partial charge on any atom is 0.191 e. The van der Waals surface area contributed by atoms with Crippen molar-refractivity contribution < 1.29 is 4.74 Å². The summed E-state index contributed by atoms with van der Waals surface area (Å²) in [5.74, 6) is 0.964. The summed E-state index contributed by atoms with van der Waals surface area (Å²) in [5.41, 5.74) is 0. The van der Waals surface area contributed by atoms with Gasteiger partial charge in [-0.2, -0.15) is 0 Å². The number of guanidine groups is 1. The van der Waals surface area contributed by atoms with Crippen molar-refractivity contribution in [2.75, 3.05) is 33.2 Å². The maximum absolute atomic E-state index is 5.77. The molecule has 0 aromatic rings. The number of hydrogen-bond acceptors (Lipinski definition) is 3. The second kappa shape index (κ2) is 10.6. The lowest BCUT2D eigenvalue weighted by Gasteiger charge is -2.35. The quantitative estimate of drug-likeness (QED) is 0.308. The van der Waals surface area contributed by atoms with Crippen LogP contribution >= 0.6 is 24.0 Å². The Morgan fingerprint density at radius 1 is 1.18 bits per heavy atom. The Kier molecular flexibility index (Phi) is 9.66. The summed E-state index contributed by atoms with van der Waals surface area (Å²) in [6.07, 6.45) is 7.13. The van der Waals surface area contributed by atoms with Crippen LogP contribution in [0.2, 0.25) is 0 Å². The number of aliphatic imine (C=N–C) groups is 1. The van der Waals surface area contributed by atoms with Gasteiger partial charge in [0.15, 0.2) is 5.96 Å². The number of rotatable bonds is 5. The Bertz CT molecular complexity index is 324. The molecule has 2 aliphatic rings. The molecule has 0 aromatic heterocycles. The van der Waals surface area contributed by atoms with Crippen LogP contribution in [0.5, 0.6) is 0 Å². The summed E-state index contributed by atoms with van der Waals surface area (Å²) in [6.45, 7) is 8.54. The third-order valence-electron chi connectivity index (χ3n) is 4.36. The molecule has 130 valence electrons. The van der Waals surface area contributed by atoms with Crippen LogP contribution in [0.25, 0.3) is 0 Å². The van der Waals surface area contributed by atoms with Crippen molar-refractivity contribution in [2.45, 2.75) is 64.2 Å². The van der Waals surface area contributed by atoms with Crippen molar-refractivity contribution in [3.8, 4) is 0 Å². The van der Waals surface area contributed by atoms with Crippen LogP contribution in [0.3, 0.4) is 0 Å². The Hall–Kier alpha value is -0.0800. The van der Waals surface area contributed by atoms with Gasteiger partial charge in [-0.15, -0.1) is 24.0 Å². The van der Waals surface area contributed by atoms with Crippen molar-refractivity contribution in [1.82, 2.24) is 15.5 Å². The van der Waals surface area contributed by atoms with Crippen LogP contribution in [-0.2, 0) is 4.74 Å². The van der Waals surface area contributed by atoms with Gasteiger partial charge in [-0.3, -0.25) is 9.89 Å². The first-order valence-electron chi connectivity index (χ1n) is 8.52. The van der Waals surface area contributed by atoms with E-state index in [1.54, 1.807) is 0 Å². The molecule has 1 heterocycles. The molecule has 2 atom stereocenters. The highest BCUT2D eigenvalue weighted by Crippen LogP contribution is 2.17. The molecule has 2 fully saturated rings. The van der Waals surface area contributed by atoms with Gasteiger partial charge >= 0.3 is 0 Å². The number of morpholine rings is 1. The molecule has 0 amide bonds. The second-order valence-electron chi connectivity index (χ2n) is 6.50. The zero-order chi connectivity index (χ0) is 15.1. The Morgan fingerprint density at radius 3 is 2.41 bits per heavy atom. The minimum Gasteiger partial charge on any atom is -0.373 e. The molecule has 0 spiro atoms. The Labute approximate surface area is 152 Å². The van der Waals surface area contributed by atoms with E-state index in [9.17, 15) is 0 Å². The summed E-state index contributed by atoms with van der Waals surface area (Å²) >= 11 is 0. The summed E-state index contributed by atoms with van der Waals surface area (Å²) in [6, 6.07) is 0.622. The largest absolute Gasteiger partial charge is 0.373 e. The molecule has 0 aromatic carbocycles. The lowest BCUT2D eigenvalue weighted by molar-refractivity contribution is -0.0679. The highest BCUT2D eigenvalue weighted by atomic mass is 127. The van der Waals surface area contributed by atoms with Gasteiger partial charge in [-0.1, -0.05) is 12.8 Å². The SMILES string of the molecule is CN=C(NCCCN1CC(C)OC(C)C1)NC1CCCC1.I. The van der Waals surface area contributed by atoms with Crippen molar-refractivity contribution in [2.24, 2.45) is 4.99 Å². The number of nitrogens with zero attached hydrogens (tertiary/aromatic N) is 2. The van der Waals surface area contributed by atoms with Crippen LogP contribution in [-0.4, -0.2) is 62.3 Å². The molecular weight excluding hydrogens is 391 g/mol. The molecule has 6 heteroatoms. The van der Waals surface area contributed by atoms with E-state index in [-0.39, 0.29) is 24.0 Å². The molecule has 0 bridgehead atoms. The summed E-state index contributed by atoms with van der Waals surface area (Å²) in [5, 5.41) is 6.96. The number of halogens is 1. The topological polar surface area (TPSA) is 48.9 Å². The maximum atomic E-state index is 5.77. The van der Waals surface area contributed by atoms with E-state index in [1.807, 2.05) is 7.05 Å². The van der Waals surface area contributed by atoms with E-state index in [2.05, 4.69) is 34.4 Å². The van der Waals surface area contributed by atoms with Gasteiger partial charge in [0.25, 0.3) is 0 Å². The van der Waals surface area contributed by atoms with Gasteiger partial charge in [0.2, 0.25) is 0 Å². The minimum absolute atomic E-state index is 0. The average Bonchev–Trinajstić information content (AvgIpc) is 2.94. The third-order valence-corrected chi connectivity index (χ3v) is 4.36. The highest BCUT2D eigenvalue weighted by Gasteiger charge is 2.21. The fourth-order valence-corrected chi connectivity index (χ4v) is 3.43. The lowest BCUT2D eigenvalue weighted by Crippen LogP contribution is -2.47. The number of hydrogen-bond donors (Lipinski definition) is 2. The molecule has 2 rings (SSSR count). The van der Waals surface area contributed by atoms with E-state index < -0.39 is 0 Å². The van der Waals surface area contributed by atoms with Crippen molar-refractivity contribution in [1.29, 1.82) is 0 Å². The van der Waals surface area contributed by atoms with Gasteiger partial charge in [-0.05, 0) is 33.1 Å². The molecular formula is C16H33IN4O. The molecule has 1 aliphatic carbocycles. The molecule has 2 N–H and O–H groups in total. The van der Waals surface area contributed by atoms with Gasteiger partial charge in [0.1, 0.15) is 0 Å². The van der Waals surface area contributed by atoms with E-state index in [4.69, 9.17) is 4.74 Å². The predicted molar refractivity (Wildman–Crippen MR) is 103 cm³/mol. The zero-order valence-corrected chi connectivity index (χ0v) is 16.6. The van der Waals surface area contributed by atoms with Crippen LogP contribution in [0.15, 0.2) is 4.99 Å². The van der Waals surface area contributed by atoms with Crippen molar-refractivity contribution in [3.05, 3.63) is 0 Å². The first kappa shape index (κ1) is 20.0. The Balaban J connectivity index is 0.00000242. The van der Waals surface area contributed by atoms with E-state index in [0.29, 0.717) is 18.2 Å². The molecule has 5 nitrogen and oxygen atoms in total. The monoisotopic (exact) mass is 424 g/mol. The standard InChI is InChI=1S/C16H32N4O.HI/c1-13-11-20(12-14(2)21-13)10-6-9-18-16(17-3)19-15-7-4-5-8-15;/h13-15H,4-12H2,1-3H3,(H2,17,18,19);1H. The van der Waals surface area contributed by atoms with Crippen molar-refractivity contribution >= 4 is 29.9 Å². The molecule has 22 heavy (non-hydrogen) atoms. The first-order valence-corrected chi connectivity index (χ1v) is 8.52. The smallest absolute Gasteiger partial charge is 0.191 e. The fourth-order valence-electron chi connectivity index (χ4n) is 3.43. The molecule has 1 saturated carbocycles. The molecule has 1 aliphatic heterocycles. The summed E-state index contributed by atoms with van der Waals surface area (Å²) in [7, 11) is 1.86. The van der Waals surface area contributed by atoms with Gasteiger partial charge in [-0.25, -0.2) is 0 Å². The third kappa shape index (κ3) is 7.00. The molecule has 2 unspecified atom stereocenters. The van der Waals surface area contributed by atoms with Crippen LogP contribution in [0.4, 0.5) is 0 Å². The second-order valence-corrected chi connectivity index (χ2v) is 6.50. The fraction of sp³-hybridized carbons (Fsp3) is 0.938. The number of nitrogens with one attached hydrogen (secondary N) is 2. The minimum atomic E-state index is 0. The average molecular weight is 424 g/mol. The Morgan fingerprint density at radius 2 is 1.82 bits per heavy atom. The van der Waals surface area contributed by atoms with E-state index in [1.165, 1.54) is 25.7 Å². The molecule has 1 saturated heterocycles. The van der Waals surface area contributed by atoms with Crippen LogP contribution in [0.1, 0.15) is 46.0 Å². The lowest BCUT2D eigenvalue weighted by atomic mass is 10.2. The highest BCUT2D eigenvalue weighted by molar-refractivity contribution is 14.0. The van der Waals surface area contributed by atoms with Gasteiger partial charge < -0.3 is 15.4 Å². The molecule has 0 radical (unpaired) electrons. The summed E-state index contributed by atoms with van der Waals surface area (Å²) in [4.78, 5) is 6.83. The normalized spacial score (nSPS) is 27.5. The first-order chi connectivity index (χ1) is 10.2. The van der Waals surface area contributed by atoms with Crippen molar-refractivity contribution in [3.63, 3.8) is 0 Å². The summed E-state index contributed by atoms with van der Waals surface area (Å²) < 4.78 is 5.77. The van der Waals surface area contributed by atoms with Gasteiger partial charge in [0.05, 0.1) is 12.2 Å². The van der Waals surface area contributed by atoms with Gasteiger partial charge in [0, 0.05) is 39.3 Å². The van der Waals surface area contributed by atoms with E-state index >= 15 is 0 Å². The zero-order valence-electron chi connectivity index (χ0n) is 14.3.